The van der Waals surface area contributed by atoms with Crippen molar-refractivity contribution in [1.29, 1.82) is 0 Å². The minimum absolute atomic E-state index is 0.00138. The Hall–Kier alpha value is -2.92. The van der Waals surface area contributed by atoms with E-state index in [1.807, 2.05) is 67.8 Å². The van der Waals surface area contributed by atoms with Crippen molar-refractivity contribution in [3.8, 4) is 11.6 Å². The summed E-state index contributed by atoms with van der Waals surface area (Å²) < 4.78 is 1.82. The number of aliphatic imine (C=N–C) groups is 1. The molecule has 0 aliphatic rings. The van der Waals surface area contributed by atoms with Gasteiger partial charge in [0.2, 0.25) is 5.88 Å². The summed E-state index contributed by atoms with van der Waals surface area (Å²) in [6.07, 6.45) is 0.758. The molecular formula is C23H26N2O3. The Balaban J connectivity index is 2.09. The SMILES string of the molecule is CC(=NCC(=O)CCCO)c1c(O)n(-c2ccc(C)cc2)c2cc(C)ccc12. The van der Waals surface area contributed by atoms with Gasteiger partial charge >= 0.3 is 0 Å². The van der Waals surface area contributed by atoms with Crippen LogP contribution in [0.5, 0.6) is 5.88 Å². The maximum Gasteiger partial charge on any atom is 0.206 e. The number of benzene rings is 2. The van der Waals surface area contributed by atoms with Crippen molar-refractivity contribution >= 4 is 22.4 Å². The van der Waals surface area contributed by atoms with E-state index < -0.39 is 0 Å². The Morgan fingerprint density at radius 2 is 1.75 bits per heavy atom. The molecule has 0 radical (unpaired) electrons. The zero-order chi connectivity index (χ0) is 20.3. The lowest BCUT2D eigenvalue weighted by Crippen LogP contribution is -2.06. The normalized spacial score (nSPS) is 11.9. The molecule has 3 aromatic rings. The van der Waals surface area contributed by atoms with Gasteiger partial charge in [-0.05, 0) is 51.0 Å². The van der Waals surface area contributed by atoms with Crippen molar-refractivity contribution in [2.24, 2.45) is 4.99 Å². The number of Topliss-reactive ketones (excluding diaryl/α,β-unsaturated/α-hetero) is 1. The number of aryl methyl sites for hydroxylation is 2. The maximum absolute atomic E-state index is 11.9. The van der Waals surface area contributed by atoms with Crippen LogP contribution in [0, 0.1) is 13.8 Å². The van der Waals surface area contributed by atoms with Crippen LogP contribution in [0.15, 0.2) is 47.5 Å². The van der Waals surface area contributed by atoms with E-state index >= 15 is 0 Å². The zero-order valence-corrected chi connectivity index (χ0v) is 16.6. The van der Waals surface area contributed by atoms with E-state index in [-0.39, 0.29) is 24.8 Å². The summed E-state index contributed by atoms with van der Waals surface area (Å²) in [6.45, 7) is 5.90. The second-order valence-electron chi connectivity index (χ2n) is 7.16. The number of aliphatic hydroxyl groups is 1. The summed E-state index contributed by atoms with van der Waals surface area (Å²) in [5.74, 6) is 0.0968. The van der Waals surface area contributed by atoms with Crippen LogP contribution >= 0.6 is 0 Å². The van der Waals surface area contributed by atoms with Gasteiger partial charge in [0.15, 0.2) is 5.78 Å². The molecule has 1 aromatic heterocycles. The predicted molar refractivity (Wildman–Crippen MR) is 113 cm³/mol. The molecule has 2 aromatic carbocycles. The lowest BCUT2D eigenvalue weighted by atomic mass is 10.1. The predicted octanol–water partition coefficient (Wildman–Crippen LogP) is 4.10. The van der Waals surface area contributed by atoms with Gasteiger partial charge in [-0.25, -0.2) is 0 Å². The Kier molecular flexibility index (Phi) is 5.95. The molecule has 0 bridgehead atoms. The van der Waals surface area contributed by atoms with Gasteiger partial charge in [-0.1, -0.05) is 29.8 Å². The van der Waals surface area contributed by atoms with E-state index in [0.717, 1.165) is 27.7 Å². The Bertz CT molecular complexity index is 1030. The lowest BCUT2D eigenvalue weighted by molar-refractivity contribution is -0.117. The fourth-order valence-corrected chi connectivity index (χ4v) is 3.34. The number of aromatic nitrogens is 1. The van der Waals surface area contributed by atoms with Gasteiger partial charge in [-0.15, -0.1) is 0 Å². The summed E-state index contributed by atoms with van der Waals surface area (Å²) in [7, 11) is 0. The van der Waals surface area contributed by atoms with E-state index in [0.29, 0.717) is 24.1 Å². The number of hydrogen-bond donors (Lipinski definition) is 2. The fourth-order valence-electron chi connectivity index (χ4n) is 3.34. The molecule has 0 saturated carbocycles. The third kappa shape index (κ3) is 3.99. The summed E-state index contributed by atoms with van der Waals surface area (Å²) in [4.78, 5) is 16.3. The van der Waals surface area contributed by atoms with Crippen molar-refractivity contribution in [2.75, 3.05) is 13.2 Å². The second-order valence-corrected chi connectivity index (χ2v) is 7.16. The zero-order valence-electron chi connectivity index (χ0n) is 16.6. The second kappa shape index (κ2) is 8.40. The van der Waals surface area contributed by atoms with Gasteiger partial charge in [-0.3, -0.25) is 14.4 Å². The Labute approximate surface area is 165 Å². The first-order valence-corrected chi connectivity index (χ1v) is 9.47. The first kappa shape index (κ1) is 19.8. The number of hydrogen-bond acceptors (Lipinski definition) is 4. The lowest BCUT2D eigenvalue weighted by Gasteiger charge is -2.08. The van der Waals surface area contributed by atoms with Crippen molar-refractivity contribution in [3.63, 3.8) is 0 Å². The van der Waals surface area contributed by atoms with Crippen LogP contribution in [0.3, 0.4) is 0 Å². The van der Waals surface area contributed by atoms with Crippen LogP contribution in [-0.2, 0) is 4.79 Å². The van der Waals surface area contributed by atoms with Gasteiger partial charge in [0, 0.05) is 29.8 Å². The van der Waals surface area contributed by atoms with Crippen molar-refractivity contribution in [1.82, 2.24) is 4.57 Å². The molecule has 0 amide bonds. The Morgan fingerprint density at radius 3 is 2.43 bits per heavy atom. The number of aliphatic hydroxyl groups excluding tert-OH is 1. The van der Waals surface area contributed by atoms with Crippen molar-refractivity contribution < 1.29 is 15.0 Å². The molecule has 2 N–H and O–H groups in total. The number of carbonyl (C=O) groups excluding carboxylic acids is 1. The van der Waals surface area contributed by atoms with Gasteiger partial charge in [0.25, 0.3) is 0 Å². The van der Waals surface area contributed by atoms with Gasteiger partial charge in [0.1, 0.15) is 0 Å². The van der Waals surface area contributed by atoms with E-state index in [9.17, 15) is 9.90 Å². The minimum Gasteiger partial charge on any atom is -0.494 e. The highest BCUT2D eigenvalue weighted by atomic mass is 16.3. The minimum atomic E-state index is -0.0222. The monoisotopic (exact) mass is 378 g/mol. The van der Waals surface area contributed by atoms with Crippen LogP contribution < -0.4 is 0 Å². The first-order valence-electron chi connectivity index (χ1n) is 9.47. The van der Waals surface area contributed by atoms with E-state index in [1.165, 1.54) is 0 Å². The number of rotatable bonds is 7. The highest BCUT2D eigenvalue weighted by Crippen LogP contribution is 2.35. The van der Waals surface area contributed by atoms with Gasteiger partial charge in [0.05, 0.1) is 17.6 Å². The fraction of sp³-hybridized carbons (Fsp3) is 0.304. The number of fused-ring (bicyclic) bond motifs is 1. The molecule has 0 unspecified atom stereocenters. The number of carbonyl (C=O) groups is 1. The van der Waals surface area contributed by atoms with Crippen LogP contribution in [0.1, 0.15) is 36.5 Å². The number of aromatic hydroxyl groups is 1. The van der Waals surface area contributed by atoms with Crippen molar-refractivity contribution in [3.05, 3.63) is 59.2 Å². The van der Waals surface area contributed by atoms with Crippen LogP contribution in [0.25, 0.3) is 16.6 Å². The van der Waals surface area contributed by atoms with Gasteiger partial charge in [-0.2, -0.15) is 0 Å². The standard InChI is InChI=1S/C23H26N2O3/c1-15-6-9-18(10-7-15)25-21-13-16(2)8-11-20(21)22(23(25)28)17(3)24-14-19(27)5-4-12-26/h6-11,13,26,28H,4-5,12,14H2,1-3H3. The summed E-state index contributed by atoms with van der Waals surface area (Å²) in [5.41, 5.74) is 5.28. The molecule has 0 atom stereocenters. The largest absolute Gasteiger partial charge is 0.494 e. The number of ketones is 1. The average Bonchev–Trinajstić information content (AvgIpc) is 2.96. The summed E-state index contributed by atoms with van der Waals surface area (Å²) >= 11 is 0. The first-order chi connectivity index (χ1) is 13.4. The third-order valence-corrected chi connectivity index (χ3v) is 4.86. The topological polar surface area (TPSA) is 74.8 Å². The summed E-state index contributed by atoms with van der Waals surface area (Å²) in [6, 6.07) is 14.0. The molecule has 3 rings (SSSR count). The van der Waals surface area contributed by atoms with E-state index in [2.05, 4.69) is 4.99 Å². The molecule has 0 spiro atoms. The van der Waals surface area contributed by atoms with Crippen LogP contribution in [0.2, 0.25) is 0 Å². The van der Waals surface area contributed by atoms with E-state index in [1.54, 1.807) is 0 Å². The van der Waals surface area contributed by atoms with E-state index in [4.69, 9.17) is 5.11 Å². The maximum atomic E-state index is 11.9. The summed E-state index contributed by atoms with van der Waals surface area (Å²) in [5, 5.41) is 20.8. The molecule has 0 fully saturated rings. The third-order valence-electron chi connectivity index (χ3n) is 4.86. The van der Waals surface area contributed by atoms with Crippen LogP contribution in [0.4, 0.5) is 0 Å². The molecule has 0 aliphatic heterocycles. The molecule has 146 valence electrons. The molecular weight excluding hydrogens is 352 g/mol. The molecule has 28 heavy (non-hydrogen) atoms. The average molecular weight is 378 g/mol. The Morgan fingerprint density at radius 1 is 1.07 bits per heavy atom. The quantitative estimate of drug-likeness (QED) is 0.608. The molecule has 1 heterocycles. The highest BCUT2D eigenvalue weighted by molar-refractivity contribution is 6.13. The van der Waals surface area contributed by atoms with Crippen LogP contribution in [-0.4, -0.2) is 39.4 Å². The van der Waals surface area contributed by atoms with Crippen molar-refractivity contribution in [2.45, 2.75) is 33.6 Å². The number of nitrogens with zero attached hydrogens (tertiary/aromatic N) is 2. The smallest absolute Gasteiger partial charge is 0.206 e. The molecule has 0 aliphatic carbocycles. The molecule has 0 saturated heterocycles. The van der Waals surface area contributed by atoms with Gasteiger partial charge < -0.3 is 10.2 Å². The highest BCUT2D eigenvalue weighted by Gasteiger charge is 2.20. The molecule has 5 nitrogen and oxygen atoms in total. The molecule has 5 heteroatoms.